The number of hydrogen-bond donors (Lipinski definition) is 2. The number of hydrogen-bond acceptors (Lipinski definition) is 3. The van der Waals surface area contributed by atoms with Gasteiger partial charge < -0.3 is 15.3 Å². The van der Waals surface area contributed by atoms with Gasteiger partial charge in [-0.25, -0.2) is 0 Å². The molecule has 0 aromatic rings. The number of nitrogens with one attached hydrogen (secondary N) is 1. The van der Waals surface area contributed by atoms with E-state index in [0.717, 1.165) is 19.6 Å². The molecule has 0 aromatic heterocycles. The zero-order valence-electron chi connectivity index (χ0n) is 11.3. The number of carboxylic acids is 1. The van der Waals surface area contributed by atoms with Gasteiger partial charge in [-0.1, -0.05) is 20.8 Å². The Balaban J connectivity index is 2.28. The molecule has 0 amide bonds. The van der Waals surface area contributed by atoms with Crippen LogP contribution < -0.4 is 5.32 Å². The molecule has 0 aromatic carbocycles. The Morgan fingerprint density at radius 2 is 2.00 bits per heavy atom. The molecule has 1 rings (SSSR count). The minimum absolute atomic E-state index is 0.394. The zero-order chi connectivity index (χ0) is 12.9. The summed E-state index contributed by atoms with van der Waals surface area (Å²) in [5, 5.41) is 12.0. The third-order valence-electron chi connectivity index (χ3n) is 3.69. The maximum Gasteiger partial charge on any atom is 0.320 e. The second kappa shape index (κ2) is 6.36. The van der Waals surface area contributed by atoms with Crippen LogP contribution in [0.5, 0.6) is 0 Å². The van der Waals surface area contributed by atoms with Gasteiger partial charge in [0.2, 0.25) is 0 Å². The maximum absolute atomic E-state index is 11.0. The highest BCUT2D eigenvalue weighted by Gasteiger charge is 2.26. The van der Waals surface area contributed by atoms with Gasteiger partial charge in [0.25, 0.3) is 0 Å². The van der Waals surface area contributed by atoms with E-state index in [0.29, 0.717) is 18.4 Å². The first-order valence-electron chi connectivity index (χ1n) is 6.63. The van der Waals surface area contributed by atoms with Crippen molar-refractivity contribution >= 4 is 5.97 Å². The van der Waals surface area contributed by atoms with Crippen LogP contribution >= 0.6 is 0 Å². The summed E-state index contributed by atoms with van der Waals surface area (Å²) < 4.78 is 0. The Labute approximate surface area is 104 Å². The summed E-state index contributed by atoms with van der Waals surface area (Å²) in [5.41, 5.74) is 0.463. The standard InChI is InChI=1S/C13H26N2O2/c1-4-14-11(12(16)17)5-8-15-9-6-13(2,3)7-10-15/h11,14H,4-10H2,1-3H3,(H,16,17). The van der Waals surface area contributed by atoms with E-state index in [9.17, 15) is 4.79 Å². The first-order chi connectivity index (χ1) is 7.94. The first kappa shape index (κ1) is 14.5. The van der Waals surface area contributed by atoms with Gasteiger partial charge in [-0.2, -0.15) is 0 Å². The predicted octanol–water partition coefficient (Wildman–Crippen LogP) is 1.56. The molecular weight excluding hydrogens is 216 g/mol. The number of likely N-dealkylation sites (N-methyl/N-ethyl adjacent to an activating group) is 1. The van der Waals surface area contributed by atoms with E-state index in [4.69, 9.17) is 5.11 Å². The normalized spacial score (nSPS) is 22.3. The fraction of sp³-hybridized carbons (Fsp3) is 0.923. The van der Waals surface area contributed by atoms with Gasteiger partial charge >= 0.3 is 5.97 Å². The van der Waals surface area contributed by atoms with Crippen molar-refractivity contribution in [2.45, 2.75) is 46.1 Å². The van der Waals surface area contributed by atoms with Crippen LogP contribution in [0, 0.1) is 5.41 Å². The average molecular weight is 242 g/mol. The van der Waals surface area contributed by atoms with Crippen LogP contribution in [0.4, 0.5) is 0 Å². The average Bonchev–Trinajstić information content (AvgIpc) is 2.25. The number of aliphatic carboxylic acids is 1. The number of piperidine rings is 1. The van der Waals surface area contributed by atoms with Crippen molar-refractivity contribution in [2.75, 3.05) is 26.2 Å². The highest BCUT2D eigenvalue weighted by Crippen LogP contribution is 2.29. The highest BCUT2D eigenvalue weighted by atomic mass is 16.4. The molecule has 2 N–H and O–H groups in total. The third-order valence-corrected chi connectivity index (χ3v) is 3.69. The predicted molar refractivity (Wildman–Crippen MR) is 69.2 cm³/mol. The Morgan fingerprint density at radius 3 is 2.47 bits per heavy atom. The molecule has 0 bridgehead atoms. The molecule has 0 saturated carbocycles. The van der Waals surface area contributed by atoms with Gasteiger partial charge in [-0.3, -0.25) is 4.79 Å². The molecule has 1 fully saturated rings. The van der Waals surface area contributed by atoms with E-state index >= 15 is 0 Å². The van der Waals surface area contributed by atoms with Crippen LogP contribution in [0.15, 0.2) is 0 Å². The van der Waals surface area contributed by atoms with Gasteiger partial charge in [0.05, 0.1) is 0 Å². The zero-order valence-corrected chi connectivity index (χ0v) is 11.3. The second-order valence-electron chi connectivity index (χ2n) is 5.74. The third kappa shape index (κ3) is 5.04. The lowest BCUT2D eigenvalue weighted by molar-refractivity contribution is -0.139. The van der Waals surface area contributed by atoms with Gasteiger partial charge in [-0.15, -0.1) is 0 Å². The second-order valence-corrected chi connectivity index (χ2v) is 5.74. The summed E-state index contributed by atoms with van der Waals surface area (Å²) >= 11 is 0. The van der Waals surface area contributed by atoms with Crippen LogP contribution in [0.1, 0.15) is 40.0 Å². The van der Waals surface area contributed by atoms with Gasteiger partial charge in [-0.05, 0) is 44.3 Å². The Bertz CT molecular complexity index is 244. The number of rotatable bonds is 6. The molecule has 100 valence electrons. The maximum atomic E-state index is 11.0. The summed E-state index contributed by atoms with van der Waals surface area (Å²) in [7, 11) is 0. The van der Waals surface area contributed by atoms with Gasteiger partial charge in [0, 0.05) is 6.54 Å². The summed E-state index contributed by atoms with van der Waals surface area (Å²) in [6.07, 6.45) is 3.13. The van der Waals surface area contributed by atoms with Crippen molar-refractivity contribution in [3.05, 3.63) is 0 Å². The number of carboxylic acid groups (broad SMARTS) is 1. The monoisotopic (exact) mass is 242 g/mol. The fourth-order valence-corrected chi connectivity index (χ4v) is 2.25. The number of likely N-dealkylation sites (tertiary alicyclic amines) is 1. The topological polar surface area (TPSA) is 52.6 Å². The summed E-state index contributed by atoms with van der Waals surface area (Å²) in [6, 6.07) is -0.394. The molecule has 1 atom stereocenters. The van der Waals surface area contributed by atoms with Crippen LogP contribution in [-0.4, -0.2) is 48.2 Å². The molecule has 0 spiro atoms. The molecule has 17 heavy (non-hydrogen) atoms. The van der Waals surface area contributed by atoms with E-state index in [2.05, 4.69) is 24.1 Å². The molecule has 4 nitrogen and oxygen atoms in total. The molecule has 0 aliphatic carbocycles. The smallest absolute Gasteiger partial charge is 0.320 e. The first-order valence-corrected chi connectivity index (χ1v) is 6.63. The lowest BCUT2D eigenvalue weighted by Crippen LogP contribution is -2.42. The van der Waals surface area contributed by atoms with Gasteiger partial charge in [0.1, 0.15) is 6.04 Å². The molecule has 1 aliphatic heterocycles. The molecule has 1 heterocycles. The van der Waals surface area contributed by atoms with Crippen LogP contribution in [-0.2, 0) is 4.79 Å². The van der Waals surface area contributed by atoms with E-state index < -0.39 is 12.0 Å². The molecule has 1 unspecified atom stereocenters. The number of nitrogens with zero attached hydrogens (tertiary/aromatic N) is 1. The van der Waals surface area contributed by atoms with Crippen molar-refractivity contribution in [1.82, 2.24) is 10.2 Å². The summed E-state index contributed by atoms with van der Waals surface area (Å²) in [4.78, 5) is 13.4. The van der Waals surface area contributed by atoms with Crippen LogP contribution in [0.3, 0.4) is 0 Å². The summed E-state index contributed by atoms with van der Waals surface area (Å²) in [5.74, 6) is -0.732. The Hall–Kier alpha value is -0.610. The molecule has 0 radical (unpaired) electrons. The van der Waals surface area contributed by atoms with Gasteiger partial charge in [0.15, 0.2) is 0 Å². The van der Waals surface area contributed by atoms with E-state index in [-0.39, 0.29) is 0 Å². The van der Waals surface area contributed by atoms with Crippen molar-refractivity contribution in [3.63, 3.8) is 0 Å². The minimum atomic E-state index is -0.732. The van der Waals surface area contributed by atoms with Crippen molar-refractivity contribution < 1.29 is 9.90 Å². The molecule has 1 saturated heterocycles. The quantitative estimate of drug-likeness (QED) is 0.742. The van der Waals surface area contributed by atoms with Crippen molar-refractivity contribution in [1.29, 1.82) is 0 Å². The largest absolute Gasteiger partial charge is 0.480 e. The Kier molecular flexibility index (Phi) is 5.40. The molecule has 4 heteroatoms. The SMILES string of the molecule is CCNC(CCN1CCC(C)(C)CC1)C(=O)O. The van der Waals surface area contributed by atoms with E-state index in [1.807, 2.05) is 6.92 Å². The van der Waals surface area contributed by atoms with Crippen molar-refractivity contribution in [3.8, 4) is 0 Å². The molecule has 1 aliphatic rings. The highest BCUT2D eigenvalue weighted by molar-refractivity contribution is 5.73. The lowest BCUT2D eigenvalue weighted by Gasteiger charge is -2.37. The summed E-state index contributed by atoms with van der Waals surface area (Å²) in [6.45, 7) is 10.4. The fourth-order valence-electron chi connectivity index (χ4n) is 2.25. The number of carbonyl (C=O) groups is 1. The minimum Gasteiger partial charge on any atom is -0.480 e. The molecular formula is C13H26N2O2. The van der Waals surface area contributed by atoms with Crippen LogP contribution in [0.2, 0.25) is 0 Å². The Morgan fingerprint density at radius 1 is 1.41 bits per heavy atom. The lowest BCUT2D eigenvalue weighted by atomic mass is 9.82. The van der Waals surface area contributed by atoms with E-state index in [1.54, 1.807) is 0 Å². The van der Waals surface area contributed by atoms with Crippen LogP contribution in [0.25, 0.3) is 0 Å². The van der Waals surface area contributed by atoms with E-state index in [1.165, 1.54) is 12.8 Å². The van der Waals surface area contributed by atoms with Crippen molar-refractivity contribution in [2.24, 2.45) is 5.41 Å².